The molecule has 0 bridgehead atoms. The highest BCUT2D eigenvalue weighted by Crippen LogP contribution is 2.19. The van der Waals surface area contributed by atoms with E-state index in [0.29, 0.717) is 6.10 Å². The highest BCUT2D eigenvalue weighted by Gasteiger charge is 2.15. The van der Waals surface area contributed by atoms with Crippen LogP contribution in [0.25, 0.3) is 5.69 Å². The fraction of sp³-hybridized carbons (Fsp3) is 0.462. The largest absolute Gasteiger partial charge is 0.382 e. The fourth-order valence-electron chi connectivity index (χ4n) is 2.27. The lowest BCUT2D eigenvalue weighted by molar-refractivity contribution is 0.120. The number of ether oxygens (including phenoxy) is 1. The molecule has 1 saturated heterocycles. The second-order valence-electron chi connectivity index (χ2n) is 4.77. The number of tetrazole rings is 1. The minimum absolute atomic E-state index is 0.331. The third kappa shape index (κ3) is 2.73. The molecule has 100 valence electrons. The average molecular weight is 259 g/mol. The zero-order chi connectivity index (χ0) is 13.1. The highest BCUT2D eigenvalue weighted by atomic mass is 16.5. The van der Waals surface area contributed by atoms with Crippen molar-refractivity contribution in [1.82, 2.24) is 20.2 Å². The average Bonchev–Trinajstić information content (AvgIpc) is 3.11. The Hall–Kier alpha value is -1.95. The van der Waals surface area contributed by atoms with E-state index >= 15 is 0 Å². The highest BCUT2D eigenvalue weighted by molar-refractivity contribution is 5.54. The van der Waals surface area contributed by atoms with Gasteiger partial charge >= 0.3 is 0 Å². The number of aryl methyl sites for hydroxylation is 1. The summed E-state index contributed by atoms with van der Waals surface area (Å²) in [5.41, 5.74) is 3.18. The second-order valence-corrected chi connectivity index (χ2v) is 4.77. The molecule has 1 aromatic carbocycles. The van der Waals surface area contributed by atoms with E-state index in [0.717, 1.165) is 42.9 Å². The third-order valence-electron chi connectivity index (χ3n) is 3.36. The Morgan fingerprint density at radius 2 is 2.42 bits per heavy atom. The zero-order valence-corrected chi connectivity index (χ0v) is 10.9. The standard InChI is InChI=1S/C13H17N5O/c1-10-4-5-11(14-8-12-3-2-6-19-12)7-13(10)18-9-15-16-17-18/h4-5,7,9,12,14H,2-3,6,8H2,1H3. The van der Waals surface area contributed by atoms with Crippen molar-refractivity contribution in [3.05, 3.63) is 30.1 Å². The van der Waals surface area contributed by atoms with Crippen molar-refractivity contribution < 1.29 is 4.74 Å². The Balaban J connectivity index is 1.73. The summed E-state index contributed by atoms with van der Waals surface area (Å²) < 4.78 is 7.27. The summed E-state index contributed by atoms with van der Waals surface area (Å²) in [5, 5.41) is 14.7. The van der Waals surface area contributed by atoms with Crippen LogP contribution < -0.4 is 5.32 Å². The first-order chi connectivity index (χ1) is 9.33. The van der Waals surface area contributed by atoms with E-state index in [4.69, 9.17) is 4.74 Å². The van der Waals surface area contributed by atoms with Gasteiger partial charge in [-0.2, -0.15) is 0 Å². The summed E-state index contributed by atoms with van der Waals surface area (Å²) in [5.74, 6) is 0. The molecule has 1 aromatic heterocycles. The van der Waals surface area contributed by atoms with Gasteiger partial charge in [-0.05, 0) is 47.9 Å². The maximum Gasteiger partial charge on any atom is 0.143 e. The van der Waals surface area contributed by atoms with Crippen molar-refractivity contribution in [2.75, 3.05) is 18.5 Å². The fourth-order valence-corrected chi connectivity index (χ4v) is 2.27. The number of benzene rings is 1. The van der Waals surface area contributed by atoms with Crippen molar-refractivity contribution in [2.45, 2.75) is 25.9 Å². The predicted molar refractivity (Wildman–Crippen MR) is 71.4 cm³/mol. The minimum atomic E-state index is 0.331. The zero-order valence-electron chi connectivity index (χ0n) is 10.9. The first-order valence-electron chi connectivity index (χ1n) is 6.52. The van der Waals surface area contributed by atoms with Crippen LogP contribution in [0.15, 0.2) is 24.5 Å². The van der Waals surface area contributed by atoms with Crippen molar-refractivity contribution in [3.8, 4) is 5.69 Å². The molecule has 1 atom stereocenters. The molecule has 1 unspecified atom stereocenters. The lowest BCUT2D eigenvalue weighted by Crippen LogP contribution is -2.18. The van der Waals surface area contributed by atoms with E-state index in [-0.39, 0.29) is 0 Å². The molecule has 0 amide bonds. The molecule has 0 radical (unpaired) electrons. The van der Waals surface area contributed by atoms with Crippen molar-refractivity contribution in [2.24, 2.45) is 0 Å². The molecule has 0 aliphatic carbocycles. The Morgan fingerprint density at radius 3 is 3.16 bits per heavy atom. The van der Waals surface area contributed by atoms with Gasteiger partial charge in [0.15, 0.2) is 0 Å². The molecule has 1 aliphatic rings. The predicted octanol–water partition coefficient (Wildman–Crippen LogP) is 1.56. The summed E-state index contributed by atoms with van der Waals surface area (Å²) >= 11 is 0. The molecule has 2 aromatic rings. The SMILES string of the molecule is Cc1ccc(NCC2CCCO2)cc1-n1cnnn1. The lowest BCUT2D eigenvalue weighted by atomic mass is 10.1. The molecule has 1 N–H and O–H groups in total. The van der Waals surface area contributed by atoms with Gasteiger partial charge in [-0.3, -0.25) is 0 Å². The summed E-state index contributed by atoms with van der Waals surface area (Å²) in [6, 6.07) is 6.19. The maximum atomic E-state index is 5.60. The number of nitrogens with zero attached hydrogens (tertiary/aromatic N) is 4. The van der Waals surface area contributed by atoms with Crippen LogP contribution in [0, 0.1) is 6.92 Å². The van der Waals surface area contributed by atoms with Crippen molar-refractivity contribution in [3.63, 3.8) is 0 Å². The van der Waals surface area contributed by atoms with Gasteiger partial charge in [0.25, 0.3) is 0 Å². The van der Waals surface area contributed by atoms with Gasteiger partial charge in [-0.1, -0.05) is 6.07 Å². The molecule has 1 fully saturated rings. The molecule has 3 rings (SSSR count). The quantitative estimate of drug-likeness (QED) is 0.902. The lowest BCUT2D eigenvalue weighted by Gasteiger charge is -2.13. The van der Waals surface area contributed by atoms with Crippen LogP contribution in [0.5, 0.6) is 0 Å². The van der Waals surface area contributed by atoms with Crippen LogP contribution in [0.1, 0.15) is 18.4 Å². The second kappa shape index (κ2) is 5.36. The number of nitrogens with one attached hydrogen (secondary N) is 1. The summed E-state index contributed by atoms with van der Waals surface area (Å²) in [6.45, 7) is 3.77. The smallest absolute Gasteiger partial charge is 0.143 e. The van der Waals surface area contributed by atoms with E-state index in [9.17, 15) is 0 Å². The van der Waals surface area contributed by atoms with Gasteiger partial charge in [-0.15, -0.1) is 5.10 Å². The molecule has 1 aliphatic heterocycles. The molecule has 6 nitrogen and oxygen atoms in total. The van der Waals surface area contributed by atoms with E-state index in [1.165, 1.54) is 0 Å². The topological polar surface area (TPSA) is 64.9 Å². The van der Waals surface area contributed by atoms with Crippen LogP contribution in [-0.2, 0) is 4.74 Å². The van der Waals surface area contributed by atoms with Crippen LogP contribution in [-0.4, -0.2) is 39.5 Å². The minimum Gasteiger partial charge on any atom is -0.382 e. The van der Waals surface area contributed by atoms with Crippen LogP contribution in [0.4, 0.5) is 5.69 Å². The summed E-state index contributed by atoms with van der Waals surface area (Å²) in [7, 11) is 0. The first-order valence-corrected chi connectivity index (χ1v) is 6.52. The summed E-state index contributed by atoms with van der Waals surface area (Å²) in [6.07, 6.45) is 4.24. The van der Waals surface area contributed by atoms with Gasteiger partial charge in [0, 0.05) is 18.8 Å². The molecule has 2 heterocycles. The Kier molecular flexibility index (Phi) is 3.41. The summed E-state index contributed by atoms with van der Waals surface area (Å²) in [4.78, 5) is 0. The van der Waals surface area contributed by atoms with Gasteiger partial charge < -0.3 is 10.1 Å². The van der Waals surface area contributed by atoms with E-state index in [1.807, 2.05) is 6.92 Å². The first kappa shape index (κ1) is 12.1. The Morgan fingerprint density at radius 1 is 1.47 bits per heavy atom. The monoisotopic (exact) mass is 259 g/mol. The van der Waals surface area contributed by atoms with E-state index < -0.39 is 0 Å². The van der Waals surface area contributed by atoms with E-state index in [2.05, 4.69) is 39.0 Å². The maximum absolute atomic E-state index is 5.60. The molecular weight excluding hydrogens is 242 g/mol. The number of rotatable bonds is 4. The molecule has 0 spiro atoms. The van der Waals surface area contributed by atoms with Crippen LogP contribution in [0.2, 0.25) is 0 Å². The van der Waals surface area contributed by atoms with Crippen molar-refractivity contribution >= 4 is 5.69 Å². The van der Waals surface area contributed by atoms with Crippen LogP contribution in [0.3, 0.4) is 0 Å². The van der Waals surface area contributed by atoms with Gasteiger partial charge in [-0.25, -0.2) is 4.68 Å². The molecule has 19 heavy (non-hydrogen) atoms. The molecule has 6 heteroatoms. The molecule has 0 saturated carbocycles. The third-order valence-corrected chi connectivity index (χ3v) is 3.36. The van der Waals surface area contributed by atoms with Crippen molar-refractivity contribution in [1.29, 1.82) is 0 Å². The normalized spacial score (nSPS) is 18.7. The van der Waals surface area contributed by atoms with Gasteiger partial charge in [0.2, 0.25) is 0 Å². The van der Waals surface area contributed by atoms with Gasteiger partial charge in [0.1, 0.15) is 6.33 Å². The van der Waals surface area contributed by atoms with Gasteiger partial charge in [0.05, 0.1) is 11.8 Å². The number of aromatic nitrogens is 4. The van der Waals surface area contributed by atoms with E-state index in [1.54, 1.807) is 11.0 Å². The number of hydrogen-bond donors (Lipinski definition) is 1. The Labute approximate surface area is 111 Å². The number of anilines is 1. The Bertz CT molecular complexity index is 534. The van der Waals surface area contributed by atoms with Crippen LogP contribution >= 0.6 is 0 Å². The number of hydrogen-bond acceptors (Lipinski definition) is 5. The molecular formula is C13H17N5O.